The number of benzene rings is 1. The lowest BCUT2D eigenvalue weighted by Crippen LogP contribution is -2.35. The van der Waals surface area contributed by atoms with Gasteiger partial charge < -0.3 is 10.6 Å². The number of carbonyl (C=O) groups is 1. The smallest absolute Gasteiger partial charge is 0.315 e. The normalized spacial score (nSPS) is 11.5. The number of nitrogens with one attached hydrogen (secondary N) is 3. The molecule has 25 heavy (non-hydrogen) atoms. The predicted octanol–water partition coefficient (Wildman–Crippen LogP) is 2.58. The molecule has 1 aromatic heterocycles. The summed E-state index contributed by atoms with van der Waals surface area (Å²) in [5, 5.41) is 7.50. The molecule has 2 amide bonds. The first-order chi connectivity index (χ1) is 11.9. The van der Waals surface area contributed by atoms with Gasteiger partial charge in [-0.3, -0.25) is 0 Å². The van der Waals surface area contributed by atoms with E-state index < -0.39 is 10.0 Å². The Morgan fingerprint density at radius 1 is 1.04 bits per heavy atom. The molecular weight excluding hydrogens is 358 g/mol. The molecule has 2 aromatic rings. The predicted molar refractivity (Wildman–Crippen MR) is 101 cm³/mol. The number of carbonyl (C=O) groups excluding carboxylic acids is 1. The maximum absolute atomic E-state index is 12.1. The fourth-order valence-electron chi connectivity index (χ4n) is 2.29. The topological polar surface area (TPSA) is 87.3 Å². The van der Waals surface area contributed by atoms with Crippen molar-refractivity contribution in [1.82, 2.24) is 15.4 Å². The fraction of sp³-hybridized carbons (Fsp3) is 0.353. The Morgan fingerprint density at radius 3 is 2.36 bits per heavy atom. The Kier molecular flexibility index (Phi) is 6.98. The van der Waals surface area contributed by atoms with Crippen LogP contribution in [0.3, 0.4) is 0 Å². The summed E-state index contributed by atoms with van der Waals surface area (Å²) in [6.45, 7) is 4.30. The molecule has 0 aliphatic carbocycles. The summed E-state index contributed by atoms with van der Waals surface area (Å²) in [5.41, 5.74) is 1.46. The van der Waals surface area contributed by atoms with E-state index in [0.29, 0.717) is 12.1 Å². The SMILES string of the molecule is CC(C)NS(=O)(=O)Cc1ccccc1CNC(=O)NCc1cccs1. The van der Waals surface area contributed by atoms with Crippen LogP contribution in [0.1, 0.15) is 29.9 Å². The average Bonchev–Trinajstić information content (AvgIpc) is 3.04. The highest BCUT2D eigenvalue weighted by Crippen LogP contribution is 2.12. The van der Waals surface area contributed by atoms with Crippen molar-refractivity contribution in [2.45, 2.75) is 38.7 Å². The van der Waals surface area contributed by atoms with E-state index in [1.807, 2.05) is 29.6 Å². The number of urea groups is 1. The number of hydrogen-bond donors (Lipinski definition) is 3. The molecule has 0 saturated heterocycles. The van der Waals surface area contributed by atoms with Gasteiger partial charge in [0.2, 0.25) is 10.0 Å². The lowest BCUT2D eigenvalue weighted by atomic mass is 10.1. The van der Waals surface area contributed by atoms with Gasteiger partial charge in [-0.05, 0) is 36.4 Å². The Labute approximate surface area is 152 Å². The zero-order chi connectivity index (χ0) is 18.3. The Balaban J connectivity index is 1.92. The van der Waals surface area contributed by atoms with Gasteiger partial charge in [0.1, 0.15) is 0 Å². The highest BCUT2D eigenvalue weighted by molar-refractivity contribution is 7.88. The Hall–Kier alpha value is -1.90. The highest BCUT2D eigenvalue weighted by Gasteiger charge is 2.15. The molecule has 1 aromatic carbocycles. The van der Waals surface area contributed by atoms with Crippen molar-refractivity contribution in [2.24, 2.45) is 0 Å². The van der Waals surface area contributed by atoms with Gasteiger partial charge in [0.15, 0.2) is 0 Å². The molecule has 0 unspecified atom stereocenters. The summed E-state index contributed by atoms with van der Waals surface area (Å²) in [4.78, 5) is 13.0. The number of amides is 2. The lowest BCUT2D eigenvalue weighted by Gasteiger charge is -2.13. The zero-order valence-corrected chi connectivity index (χ0v) is 15.9. The van der Waals surface area contributed by atoms with Crippen LogP contribution in [0.25, 0.3) is 0 Å². The van der Waals surface area contributed by atoms with Crippen LogP contribution in [0.4, 0.5) is 4.79 Å². The van der Waals surface area contributed by atoms with Crippen molar-refractivity contribution in [3.8, 4) is 0 Å². The van der Waals surface area contributed by atoms with E-state index >= 15 is 0 Å². The van der Waals surface area contributed by atoms with Crippen molar-refractivity contribution in [1.29, 1.82) is 0 Å². The van der Waals surface area contributed by atoms with Crippen molar-refractivity contribution < 1.29 is 13.2 Å². The summed E-state index contributed by atoms with van der Waals surface area (Å²) >= 11 is 1.58. The molecule has 0 spiro atoms. The van der Waals surface area contributed by atoms with Crippen LogP contribution < -0.4 is 15.4 Å². The second-order valence-corrected chi connectivity index (χ2v) is 8.70. The number of rotatable bonds is 8. The fourth-order valence-corrected chi connectivity index (χ4v) is 4.43. The third-order valence-electron chi connectivity index (χ3n) is 3.32. The molecule has 0 bridgehead atoms. The summed E-state index contributed by atoms with van der Waals surface area (Å²) in [6, 6.07) is 10.6. The highest BCUT2D eigenvalue weighted by atomic mass is 32.2. The van der Waals surface area contributed by atoms with Crippen LogP contribution in [0.5, 0.6) is 0 Å². The first-order valence-corrected chi connectivity index (χ1v) is 10.5. The van der Waals surface area contributed by atoms with Crippen LogP contribution >= 0.6 is 11.3 Å². The maximum Gasteiger partial charge on any atom is 0.315 e. The van der Waals surface area contributed by atoms with Crippen molar-refractivity contribution in [3.05, 3.63) is 57.8 Å². The third-order valence-corrected chi connectivity index (χ3v) is 5.72. The first-order valence-electron chi connectivity index (χ1n) is 7.96. The summed E-state index contributed by atoms with van der Waals surface area (Å²) in [7, 11) is -3.41. The zero-order valence-electron chi connectivity index (χ0n) is 14.3. The minimum absolute atomic E-state index is 0.111. The van der Waals surface area contributed by atoms with Gasteiger partial charge in [-0.25, -0.2) is 17.9 Å². The Bertz CT molecular complexity index is 787. The van der Waals surface area contributed by atoms with E-state index in [9.17, 15) is 13.2 Å². The quantitative estimate of drug-likeness (QED) is 0.657. The van der Waals surface area contributed by atoms with E-state index in [4.69, 9.17) is 0 Å². The minimum atomic E-state index is -3.41. The molecule has 0 saturated carbocycles. The van der Waals surface area contributed by atoms with Crippen LogP contribution in [0.15, 0.2) is 41.8 Å². The molecular formula is C17H23N3O3S2. The van der Waals surface area contributed by atoms with Gasteiger partial charge in [-0.15, -0.1) is 11.3 Å². The molecule has 8 heteroatoms. The summed E-state index contributed by atoms with van der Waals surface area (Å²) in [6.07, 6.45) is 0. The van der Waals surface area contributed by atoms with Crippen molar-refractivity contribution >= 4 is 27.4 Å². The summed E-state index contributed by atoms with van der Waals surface area (Å²) in [5.74, 6) is -0.111. The molecule has 6 nitrogen and oxygen atoms in total. The van der Waals surface area contributed by atoms with E-state index in [2.05, 4.69) is 15.4 Å². The van der Waals surface area contributed by atoms with Crippen LogP contribution in [0, 0.1) is 0 Å². The molecule has 0 fully saturated rings. The largest absolute Gasteiger partial charge is 0.334 e. The molecule has 2 rings (SSSR count). The lowest BCUT2D eigenvalue weighted by molar-refractivity contribution is 0.240. The van der Waals surface area contributed by atoms with Crippen LogP contribution in [0.2, 0.25) is 0 Å². The minimum Gasteiger partial charge on any atom is -0.334 e. The number of thiophene rings is 1. The maximum atomic E-state index is 12.1. The Morgan fingerprint density at radius 2 is 1.72 bits per heavy atom. The molecule has 1 heterocycles. The number of hydrogen-bond acceptors (Lipinski definition) is 4. The first kappa shape index (κ1) is 19.4. The summed E-state index contributed by atoms with van der Waals surface area (Å²) < 4.78 is 26.8. The average molecular weight is 382 g/mol. The second kappa shape index (κ2) is 8.98. The third kappa shape index (κ3) is 6.85. The second-order valence-electron chi connectivity index (χ2n) is 5.92. The molecule has 0 atom stereocenters. The van der Waals surface area contributed by atoms with E-state index in [1.165, 1.54) is 0 Å². The van der Waals surface area contributed by atoms with Crippen molar-refractivity contribution in [3.63, 3.8) is 0 Å². The van der Waals surface area contributed by atoms with Crippen molar-refractivity contribution in [2.75, 3.05) is 0 Å². The number of sulfonamides is 1. The molecule has 0 aliphatic rings. The van der Waals surface area contributed by atoms with Crippen LogP contribution in [-0.4, -0.2) is 20.5 Å². The van der Waals surface area contributed by atoms with E-state index in [-0.39, 0.29) is 24.4 Å². The molecule has 3 N–H and O–H groups in total. The van der Waals surface area contributed by atoms with Gasteiger partial charge in [0.05, 0.1) is 12.3 Å². The monoisotopic (exact) mass is 381 g/mol. The van der Waals surface area contributed by atoms with E-state index in [1.54, 1.807) is 37.3 Å². The molecule has 0 aliphatic heterocycles. The van der Waals surface area contributed by atoms with Crippen LogP contribution in [-0.2, 0) is 28.9 Å². The standard InChI is InChI=1S/C17H23N3O3S2/c1-13(2)20-25(22,23)12-15-7-4-3-6-14(15)10-18-17(21)19-11-16-8-5-9-24-16/h3-9,13,20H,10-12H2,1-2H3,(H2,18,19,21). The van der Waals surface area contributed by atoms with Gasteiger partial charge in [-0.2, -0.15) is 0 Å². The van der Waals surface area contributed by atoms with Gasteiger partial charge in [0, 0.05) is 17.5 Å². The molecule has 136 valence electrons. The van der Waals surface area contributed by atoms with Gasteiger partial charge >= 0.3 is 6.03 Å². The van der Waals surface area contributed by atoms with Gasteiger partial charge in [0.25, 0.3) is 0 Å². The van der Waals surface area contributed by atoms with E-state index in [0.717, 1.165) is 10.4 Å². The molecule has 0 radical (unpaired) electrons. The van der Waals surface area contributed by atoms with Gasteiger partial charge in [-0.1, -0.05) is 30.3 Å².